The van der Waals surface area contributed by atoms with Crippen LogP contribution in [-0.4, -0.2) is 17.0 Å². The smallest absolute Gasteiger partial charge is 0.267 e. The van der Waals surface area contributed by atoms with E-state index < -0.39 is 0 Å². The molecule has 0 fully saturated rings. The fourth-order valence-electron chi connectivity index (χ4n) is 3.21. The Morgan fingerprint density at radius 3 is 2.63 bits per heavy atom. The number of nitrogens with one attached hydrogen (secondary N) is 1. The van der Waals surface area contributed by atoms with Gasteiger partial charge in [-0.1, -0.05) is 42.5 Å². The van der Waals surface area contributed by atoms with Gasteiger partial charge in [-0.2, -0.15) is 0 Å². The molecule has 1 N–H and O–H groups in total. The number of fused-ring (bicyclic) bond motifs is 1. The number of carbonyl (C=O) groups excluding carboxylic acids is 1. The van der Waals surface area contributed by atoms with Crippen LogP contribution in [0.1, 0.15) is 21.6 Å². The molecule has 3 nitrogen and oxygen atoms in total. The number of halogens is 1. The van der Waals surface area contributed by atoms with Crippen molar-refractivity contribution in [3.05, 3.63) is 94.7 Å². The van der Waals surface area contributed by atoms with Crippen LogP contribution in [0.4, 0.5) is 4.39 Å². The van der Waals surface area contributed by atoms with E-state index in [1.165, 1.54) is 17.7 Å². The van der Waals surface area contributed by atoms with Gasteiger partial charge >= 0.3 is 0 Å². The van der Waals surface area contributed by atoms with Gasteiger partial charge < -0.3 is 9.88 Å². The molecule has 0 atom stereocenters. The first-order chi connectivity index (χ1) is 13.2. The van der Waals surface area contributed by atoms with Gasteiger partial charge in [0.25, 0.3) is 5.91 Å². The van der Waals surface area contributed by atoms with E-state index in [-0.39, 0.29) is 11.7 Å². The molecule has 4 aromatic rings. The number of amides is 1. The van der Waals surface area contributed by atoms with Crippen molar-refractivity contribution in [2.75, 3.05) is 6.54 Å². The Kier molecular flexibility index (Phi) is 5.03. The fraction of sp³-hybridized carbons (Fsp3) is 0.136. The molecule has 27 heavy (non-hydrogen) atoms. The number of carbonyl (C=O) groups is 1. The maximum Gasteiger partial charge on any atom is 0.267 e. The molecule has 2 aromatic carbocycles. The monoisotopic (exact) mass is 378 g/mol. The van der Waals surface area contributed by atoms with Crippen molar-refractivity contribution in [2.45, 2.75) is 13.0 Å². The quantitative estimate of drug-likeness (QED) is 0.511. The lowest BCUT2D eigenvalue weighted by molar-refractivity contribution is 0.0946. The second kappa shape index (κ2) is 7.76. The number of rotatable bonds is 6. The normalized spacial score (nSPS) is 11.0. The Morgan fingerprint density at radius 2 is 1.81 bits per heavy atom. The number of benzene rings is 2. The van der Waals surface area contributed by atoms with Gasteiger partial charge in [0, 0.05) is 13.1 Å². The molecule has 0 radical (unpaired) electrons. The third kappa shape index (κ3) is 3.93. The SMILES string of the molecule is O=C(NCCc1ccccc1)c1cc2sccc2n1Cc1cccc(F)c1. The zero-order valence-electron chi connectivity index (χ0n) is 14.7. The molecule has 0 saturated carbocycles. The summed E-state index contributed by atoms with van der Waals surface area (Å²) >= 11 is 1.60. The highest BCUT2D eigenvalue weighted by Crippen LogP contribution is 2.26. The lowest BCUT2D eigenvalue weighted by Gasteiger charge is -2.11. The largest absolute Gasteiger partial charge is 0.350 e. The van der Waals surface area contributed by atoms with E-state index in [1.807, 2.05) is 46.3 Å². The summed E-state index contributed by atoms with van der Waals surface area (Å²) in [6.07, 6.45) is 0.783. The van der Waals surface area contributed by atoms with Crippen molar-refractivity contribution in [1.82, 2.24) is 9.88 Å². The fourth-order valence-corrected chi connectivity index (χ4v) is 4.03. The molecular weight excluding hydrogens is 359 g/mol. The van der Waals surface area contributed by atoms with Gasteiger partial charge in [-0.25, -0.2) is 4.39 Å². The van der Waals surface area contributed by atoms with Crippen molar-refractivity contribution in [3.8, 4) is 0 Å². The molecule has 136 valence electrons. The van der Waals surface area contributed by atoms with Crippen LogP contribution in [0.2, 0.25) is 0 Å². The molecule has 2 aromatic heterocycles. The van der Waals surface area contributed by atoms with Gasteiger partial charge in [-0.15, -0.1) is 11.3 Å². The second-order valence-corrected chi connectivity index (χ2v) is 7.35. The Hall–Kier alpha value is -2.92. The number of hydrogen-bond acceptors (Lipinski definition) is 2. The number of thiophene rings is 1. The van der Waals surface area contributed by atoms with E-state index >= 15 is 0 Å². The standard InChI is InChI=1S/C22H19FN2OS/c23-18-8-4-7-17(13-18)15-25-19-10-12-27-21(19)14-20(25)22(26)24-11-9-16-5-2-1-3-6-16/h1-8,10,12-14H,9,11,15H2,(H,24,26). The average Bonchev–Trinajstić information content (AvgIpc) is 3.25. The van der Waals surface area contributed by atoms with Crippen LogP contribution in [0.25, 0.3) is 10.2 Å². The molecule has 5 heteroatoms. The van der Waals surface area contributed by atoms with Gasteiger partial charge in [-0.05, 0) is 47.2 Å². The summed E-state index contributed by atoms with van der Waals surface area (Å²) in [6, 6.07) is 20.5. The maximum absolute atomic E-state index is 13.6. The van der Waals surface area contributed by atoms with E-state index in [0.717, 1.165) is 22.2 Å². The lowest BCUT2D eigenvalue weighted by atomic mass is 10.1. The summed E-state index contributed by atoms with van der Waals surface area (Å²) in [4.78, 5) is 12.8. The second-order valence-electron chi connectivity index (χ2n) is 6.41. The zero-order valence-corrected chi connectivity index (χ0v) is 15.5. The van der Waals surface area contributed by atoms with Crippen molar-refractivity contribution in [3.63, 3.8) is 0 Å². The zero-order chi connectivity index (χ0) is 18.6. The molecule has 0 aliphatic rings. The van der Waals surface area contributed by atoms with Crippen LogP contribution in [-0.2, 0) is 13.0 Å². The molecule has 0 saturated heterocycles. The van der Waals surface area contributed by atoms with Crippen molar-refractivity contribution < 1.29 is 9.18 Å². The van der Waals surface area contributed by atoms with Gasteiger partial charge in [0.2, 0.25) is 0 Å². The van der Waals surface area contributed by atoms with Crippen LogP contribution >= 0.6 is 11.3 Å². The summed E-state index contributed by atoms with van der Waals surface area (Å²) < 4.78 is 16.6. The van der Waals surface area contributed by atoms with Crippen molar-refractivity contribution in [1.29, 1.82) is 0 Å². The molecule has 0 unspecified atom stereocenters. The first kappa shape index (κ1) is 17.5. The van der Waals surface area contributed by atoms with Crippen molar-refractivity contribution in [2.24, 2.45) is 0 Å². The maximum atomic E-state index is 13.6. The average molecular weight is 378 g/mol. The summed E-state index contributed by atoms with van der Waals surface area (Å²) in [5, 5.41) is 5.01. The van der Waals surface area contributed by atoms with Crippen LogP contribution in [0, 0.1) is 5.82 Å². The van der Waals surface area contributed by atoms with Gasteiger partial charge in [0.15, 0.2) is 0 Å². The predicted octanol–water partition coefficient (Wildman–Crippen LogP) is 4.86. The molecule has 0 aliphatic carbocycles. The van der Waals surface area contributed by atoms with Crippen LogP contribution in [0.5, 0.6) is 0 Å². The minimum atomic E-state index is -0.268. The molecule has 0 aliphatic heterocycles. The number of hydrogen-bond donors (Lipinski definition) is 1. The van der Waals surface area contributed by atoms with Gasteiger partial charge in [-0.3, -0.25) is 4.79 Å². The number of aromatic nitrogens is 1. The van der Waals surface area contributed by atoms with Gasteiger partial charge in [0.05, 0.1) is 10.2 Å². The van der Waals surface area contributed by atoms with E-state index in [0.29, 0.717) is 18.8 Å². The van der Waals surface area contributed by atoms with E-state index in [4.69, 9.17) is 0 Å². The molecule has 1 amide bonds. The molecule has 2 heterocycles. The molecule has 0 spiro atoms. The summed E-state index contributed by atoms with van der Waals surface area (Å²) in [5.74, 6) is -0.374. The predicted molar refractivity (Wildman–Crippen MR) is 108 cm³/mol. The van der Waals surface area contributed by atoms with Gasteiger partial charge in [0.1, 0.15) is 11.5 Å². The highest BCUT2D eigenvalue weighted by molar-refractivity contribution is 7.17. The molecule has 0 bridgehead atoms. The third-order valence-corrected chi connectivity index (χ3v) is 5.38. The van der Waals surface area contributed by atoms with Crippen LogP contribution < -0.4 is 5.32 Å². The van der Waals surface area contributed by atoms with E-state index in [2.05, 4.69) is 17.4 Å². The Labute approximate surface area is 161 Å². The van der Waals surface area contributed by atoms with Crippen LogP contribution in [0.15, 0.2) is 72.1 Å². The minimum absolute atomic E-state index is 0.106. The lowest BCUT2D eigenvalue weighted by Crippen LogP contribution is -2.28. The first-order valence-electron chi connectivity index (χ1n) is 8.84. The highest BCUT2D eigenvalue weighted by atomic mass is 32.1. The van der Waals surface area contributed by atoms with Crippen molar-refractivity contribution >= 4 is 27.5 Å². The third-order valence-electron chi connectivity index (χ3n) is 4.53. The Balaban J connectivity index is 1.54. The minimum Gasteiger partial charge on any atom is -0.350 e. The van der Waals surface area contributed by atoms with Crippen LogP contribution in [0.3, 0.4) is 0 Å². The summed E-state index contributed by atoms with van der Waals surface area (Å²) in [7, 11) is 0. The molecule has 4 rings (SSSR count). The first-order valence-corrected chi connectivity index (χ1v) is 9.72. The topological polar surface area (TPSA) is 34.0 Å². The van der Waals surface area contributed by atoms with E-state index in [1.54, 1.807) is 17.4 Å². The number of nitrogens with zero attached hydrogens (tertiary/aromatic N) is 1. The summed E-state index contributed by atoms with van der Waals surface area (Å²) in [6.45, 7) is 1.03. The van der Waals surface area contributed by atoms with E-state index in [9.17, 15) is 9.18 Å². The Morgan fingerprint density at radius 1 is 1.00 bits per heavy atom. The molecular formula is C22H19FN2OS. The Bertz CT molecular complexity index is 1070. The summed E-state index contributed by atoms with van der Waals surface area (Å²) in [5.41, 5.74) is 3.62. The highest BCUT2D eigenvalue weighted by Gasteiger charge is 2.16.